The highest BCUT2D eigenvalue weighted by molar-refractivity contribution is 5.83. The molecule has 1 aliphatic heterocycles. The van der Waals surface area contributed by atoms with E-state index in [0.717, 1.165) is 11.1 Å². The summed E-state index contributed by atoms with van der Waals surface area (Å²) in [5, 5.41) is 41.6. The number of rotatable bonds is 8. The maximum absolute atomic E-state index is 10.8. The highest BCUT2D eigenvalue weighted by Gasteiger charge is 2.44. The molecule has 0 saturated carbocycles. The van der Waals surface area contributed by atoms with Crippen molar-refractivity contribution in [3.05, 3.63) is 41.7 Å². The van der Waals surface area contributed by atoms with Crippen LogP contribution in [0.3, 0.4) is 0 Å². The lowest BCUT2D eigenvalue weighted by molar-refractivity contribution is -0.136. The molecule has 4 rings (SSSR count). The van der Waals surface area contributed by atoms with Gasteiger partial charge < -0.3 is 36.2 Å². The first-order valence-electron chi connectivity index (χ1n) is 10.0. The number of aliphatic hydroxyl groups excluding tert-OH is 3. The summed E-state index contributed by atoms with van der Waals surface area (Å²) < 4.78 is 7.00. The summed E-state index contributed by atoms with van der Waals surface area (Å²) in [7, 11) is 0. The molecule has 0 radical (unpaired) electrons. The molecule has 170 valence electrons. The zero-order valence-corrected chi connectivity index (χ0v) is 17.0. The number of nitrogens with two attached hydrogens (primary N) is 1. The second kappa shape index (κ2) is 9.04. The van der Waals surface area contributed by atoms with E-state index in [0.29, 0.717) is 24.1 Å². The number of aromatic nitrogens is 4. The summed E-state index contributed by atoms with van der Waals surface area (Å²) >= 11 is 0. The third-order valence-electron chi connectivity index (χ3n) is 5.31. The zero-order chi connectivity index (χ0) is 22.8. The molecule has 1 fully saturated rings. The number of imidazole rings is 1. The number of hydrogen-bond acceptors (Lipinski definition) is 10. The number of aliphatic carboxylic acids is 1. The van der Waals surface area contributed by atoms with Crippen molar-refractivity contribution in [1.82, 2.24) is 19.5 Å². The molecule has 1 saturated heterocycles. The van der Waals surface area contributed by atoms with Gasteiger partial charge in [-0.3, -0.25) is 9.36 Å². The van der Waals surface area contributed by atoms with Crippen molar-refractivity contribution in [2.45, 2.75) is 37.4 Å². The maximum atomic E-state index is 10.8. The number of carboxylic acid groups (broad SMARTS) is 1. The van der Waals surface area contributed by atoms with Crippen molar-refractivity contribution in [2.75, 3.05) is 24.2 Å². The molecule has 7 N–H and O–H groups in total. The van der Waals surface area contributed by atoms with Gasteiger partial charge in [-0.1, -0.05) is 24.3 Å². The smallest absolute Gasteiger partial charge is 0.307 e. The van der Waals surface area contributed by atoms with Gasteiger partial charge in [-0.15, -0.1) is 0 Å². The first-order chi connectivity index (χ1) is 15.4. The zero-order valence-electron chi connectivity index (χ0n) is 17.0. The van der Waals surface area contributed by atoms with Crippen LogP contribution in [0.25, 0.3) is 11.2 Å². The molecule has 3 aromatic rings. The van der Waals surface area contributed by atoms with Crippen molar-refractivity contribution < 1.29 is 30.0 Å². The van der Waals surface area contributed by atoms with Gasteiger partial charge in [0.25, 0.3) is 0 Å². The van der Waals surface area contributed by atoms with E-state index in [9.17, 15) is 20.1 Å². The lowest BCUT2D eigenvalue weighted by Crippen LogP contribution is -2.33. The van der Waals surface area contributed by atoms with Gasteiger partial charge in [0, 0.05) is 6.54 Å². The number of carbonyl (C=O) groups is 1. The van der Waals surface area contributed by atoms with Gasteiger partial charge in [-0.2, -0.15) is 9.97 Å². The molecule has 1 aromatic carbocycles. The number of fused-ring (bicyclic) bond motifs is 1. The molecular weight excluding hydrogens is 420 g/mol. The van der Waals surface area contributed by atoms with Crippen LogP contribution < -0.4 is 11.1 Å². The van der Waals surface area contributed by atoms with Crippen LogP contribution in [0.4, 0.5) is 11.8 Å². The fraction of sp³-hybridized carbons (Fsp3) is 0.400. The summed E-state index contributed by atoms with van der Waals surface area (Å²) in [6.45, 7) is 0.0494. The van der Waals surface area contributed by atoms with Gasteiger partial charge in [0.1, 0.15) is 23.8 Å². The molecule has 12 nitrogen and oxygen atoms in total. The minimum absolute atomic E-state index is 0.0190. The van der Waals surface area contributed by atoms with Crippen LogP contribution in [-0.2, 0) is 22.4 Å². The van der Waals surface area contributed by atoms with E-state index in [4.69, 9.17) is 15.6 Å². The predicted octanol–water partition coefficient (Wildman–Crippen LogP) is -0.698. The Balaban J connectivity index is 1.47. The maximum Gasteiger partial charge on any atom is 0.307 e. The van der Waals surface area contributed by atoms with Gasteiger partial charge in [-0.25, -0.2) is 4.98 Å². The van der Waals surface area contributed by atoms with E-state index < -0.39 is 37.1 Å². The number of nitrogens with one attached hydrogen (secondary N) is 1. The summed E-state index contributed by atoms with van der Waals surface area (Å²) in [6, 6.07) is 7.30. The fourth-order valence-electron chi connectivity index (χ4n) is 3.63. The number of aliphatic hydroxyl groups is 3. The van der Waals surface area contributed by atoms with Crippen molar-refractivity contribution in [3.8, 4) is 0 Å². The summed E-state index contributed by atoms with van der Waals surface area (Å²) in [4.78, 5) is 23.6. The molecular formula is C20H24N6O6. The highest BCUT2D eigenvalue weighted by Crippen LogP contribution is 2.32. The average Bonchev–Trinajstić information content (AvgIpc) is 3.30. The third kappa shape index (κ3) is 4.34. The number of hydrogen-bond donors (Lipinski definition) is 6. The molecule has 0 spiro atoms. The summed E-state index contributed by atoms with van der Waals surface area (Å²) in [6.07, 6.45) is -2.43. The first-order valence-corrected chi connectivity index (χ1v) is 10.0. The Labute approximate surface area is 182 Å². The monoisotopic (exact) mass is 444 g/mol. The van der Waals surface area contributed by atoms with Gasteiger partial charge in [0.2, 0.25) is 5.95 Å². The molecule has 3 heterocycles. The Morgan fingerprint density at radius 3 is 2.53 bits per heavy atom. The number of carboxylic acids is 1. The van der Waals surface area contributed by atoms with Crippen LogP contribution in [0.5, 0.6) is 0 Å². The Morgan fingerprint density at radius 2 is 1.88 bits per heavy atom. The van der Waals surface area contributed by atoms with Gasteiger partial charge in [0.15, 0.2) is 17.7 Å². The Morgan fingerprint density at radius 1 is 1.16 bits per heavy atom. The van der Waals surface area contributed by atoms with E-state index in [1.165, 1.54) is 10.9 Å². The van der Waals surface area contributed by atoms with Gasteiger partial charge in [-0.05, 0) is 17.5 Å². The van der Waals surface area contributed by atoms with E-state index in [1.54, 1.807) is 12.1 Å². The summed E-state index contributed by atoms with van der Waals surface area (Å²) in [5.74, 6) is -0.479. The average molecular weight is 444 g/mol. The number of ether oxygens (including phenoxy) is 1. The van der Waals surface area contributed by atoms with Crippen LogP contribution in [0.1, 0.15) is 17.4 Å². The Hall–Kier alpha value is -3.32. The van der Waals surface area contributed by atoms with Crippen LogP contribution in [0.2, 0.25) is 0 Å². The second-order valence-corrected chi connectivity index (χ2v) is 7.55. The number of nitrogen functional groups attached to an aromatic ring is 1. The van der Waals surface area contributed by atoms with Gasteiger partial charge in [0.05, 0.1) is 19.4 Å². The fourth-order valence-corrected chi connectivity index (χ4v) is 3.63. The molecule has 1 aliphatic rings. The lowest BCUT2D eigenvalue weighted by Gasteiger charge is -2.16. The molecule has 32 heavy (non-hydrogen) atoms. The molecule has 0 amide bonds. The molecule has 0 aliphatic carbocycles. The molecule has 0 unspecified atom stereocenters. The van der Waals surface area contributed by atoms with Crippen molar-refractivity contribution >= 4 is 28.9 Å². The van der Waals surface area contributed by atoms with Crippen LogP contribution in [0.15, 0.2) is 30.6 Å². The summed E-state index contributed by atoms with van der Waals surface area (Å²) in [5.41, 5.74) is 8.39. The van der Waals surface area contributed by atoms with E-state index in [-0.39, 0.29) is 18.2 Å². The third-order valence-corrected chi connectivity index (χ3v) is 5.31. The van der Waals surface area contributed by atoms with Crippen LogP contribution in [-0.4, -0.2) is 77.4 Å². The van der Waals surface area contributed by atoms with Crippen molar-refractivity contribution in [2.24, 2.45) is 0 Å². The normalized spacial score (nSPS) is 23.0. The molecule has 2 aromatic heterocycles. The quantitative estimate of drug-likeness (QED) is 0.258. The lowest BCUT2D eigenvalue weighted by atomic mass is 10.1. The van der Waals surface area contributed by atoms with Crippen molar-refractivity contribution in [1.29, 1.82) is 0 Å². The first kappa shape index (κ1) is 21.9. The highest BCUT2D eigenvalue weighted by atomic mass is 16.6. The molecule has 0 bridgehead atoms. The van der Waals surface area contributed by atoms with Gasteiger partial charge >= 0.3 is 5.97 Å². The minimum Gasteiger partial charge on any atom is -0.481 e. The van der Waals surface area contributed by atoms with Crippen molar-refractivity contribution in [3.63, 3.8) is 0 Å². The molecule has 4 atom stereocenters. The second-order valence-electron chi connectivity index (χ2n) is 7.55. The van der Waals surface area contributed by atoms with Crippen LogP contribution >= 0.6 is 0 Å². The number of nitrogens with zero attached hydrogens (tertiary/aromatic N) is 4. The number of anilines is 2. The predicted molar refractivity (Wildman–Crippen MR) is 113 cm³/mol. The molecule has 12 heteroatoms. The Bertz CT molecular complexity index is 1100. The topological polar surface area (TPSA) is 189 Å². The van der Waals surface area contributed by atoms with Crippen LogP contribution in [0, 0.1) is 0 Å². The van der Waals surface area contributed by atoms with E-state index in [2.05, 4.69) is 20.3 Å². The van der Waals surface area contributed by atoms with E-state index in [1.807, 2.05) is 12.1 Å². The van der Waals surface area contributed by atoms with E-state index >= 15 is 0 Å². The number of benzene rings is 1. The largest absolute Gasteiger partial charge is 0.481 e. The SMILES string of the molecule is Nc1nc(NCCc2ccc(CC(=O)O)cc2)nc2c1ncn2[C@@H]1O[C@H](CO)[C@@H](O)[C@H]1O. The standard InChI is InChI=1S/C20H24N6O6/c21-17-14-18(26(9-23-14)19-16(31)15(30)12(8-27)32-19)25-20(24-17)22-6-5-10-1-3-11(4-2-10)7-13(28)29/h1-4,9,12,15-16,19,27,30-31H,5-8H2,(H,28,29)(H3,21,22,24,25)/t12-,15-,16-,19-/m1/s1. The minimum atomic E-state index is -1.28. The Kier molecular flexibility index (Phi) is 6.19.